The fourth-order valence-electron chi connectivity index (χ4n) is 3.11. The van der Waals surface area contributed by atoms with Crippen molar-refractivity contribution in [3.63, 3.8) is 0 Å². The molecular weight excluding hydrogens is 388 g/mol. The SMILES string of the molecule is COc1cccc(OCCn2c(COc3ccc(Cl)cc3)nc3ccccc32)c1. The third-order valence-electron chi connectivity index (χ3n) is 4.54. The standard InChI is InChI=1S/C23H21ClN2O3/c1-27-19-5-4-6-20(15-19)28-14-13-26-22-8-3-2-7-21(22)25-23(26)16-29-18-11-9-17(24)10-12-18/h2-12,15H,13-14,16H2,1H3. The summed E-state index contributed by atoms with van der Waals surface area (Å²) in [5, 5.41) is 0.680. The molecule has 0 saturated heterocycles. The molecule has 1 heterocycles. The summed E-state index contributed by atoms with van der Waals surface area (Å²) in [4.78, 5) is 4.73. The second-order valence-corrected chi connectivity index (χ2v) is 6.87. The van der Waals surface area contributed by atoms with Crippen LogP contribution in [0.5, 0.6) is 17.2 Å². The zero-order chi connectivity index (χ0) is 20.1. The van der Waals surface area contributed by atoms with Gasteiger partial charge in [-0.25, -0.2) is 4.98 Å². The highest BCUT2D eigenvalue weighted by molar-refractivity contribution is 6.30. The smallest absolute Gasteiger partial charge is 0.148 e. The van der Waals surface area contributed by atoms with Gasteiger partial charge in [-0.1, -0.05) is 29.8 Å². The van der Waals surface area contributed by atoms with Crippen LogP contribution in [0.25, 0.3) is 11.0 Å². The van der Waals surface area contributed by atoms with Gasteiger partial charge in [-0.15, -0.1) is 0 Å². The Hall–Kier alpha value is -3.18. The summed E-state index contributed by atoms with van der Waals surface area (Å²) in [7, 11) is 1.64. The average Bonchev–Trinajstić information content (AvgIpc) is 3.11. The van der Waals surface area contributed by atoms with Crippen molar-refractivity contribution in [1.29, 1.82) is 0 Å². The van der Waals surface area contributed by atoms with Gasteiger partial charge in [0.05, 0.1) is 24.7 Å². The van der Waals surface area contributed by atoms with Crippen molar-refractivity contribution in [1.82, 2.24) is 9.55 Å². The van der Waals surface area contributed by atoms with E-state index >= 15 is 0 Å². The maximum Gasteiger partial charge on any atom is 0.148 e. The largest absolute Gasteiger partial charge is 0.497 e. The van der Waals surface area contributed by atoms with Crippen molar-refractivity contribution in [2.75, 3.05) is 13.7 Å². The van der Waals surface area contributed by atoms with Crippen LogP contribution >= 0.6 is 11.6 Å². The lowest BCUT2D eigenvalue weighted by atomic mass is 10.3. The van der Waals surface area contributed by atoms with Gasteiger partial charge in [0.1, 0.15) is 36.3 Å². The van der Waals surface area contributed by atoms with E-state index < -0.39 is 0 Å². The summed E-state index contributed by atoms with van der Waals surface area (Å²) in [6, 6.07) is 22.9. The zero-order valence-corrected chi connectivity index (χ0v) is 16.8. The number of imidazole rings is 1. The van der Waals surface area contributed by atoms with Crippen LogP contribution in [-0.4, -0.2) is 23.3 Å². The molecule has 0 aliphatic rings. The molecule has 0 fully saturated rings. The van der Waals surface area contributed by atoms with Crippen molar-refractivity contribution in [2.24, 2.45) is 0 Å². The maximum absolute atomic E-state index is 5.94. The molecule has 0 radical (unpaired) electrons. The van der Waals surface area contributed by atoms with E-state index in [-0.39, 0.29) is 0 Å². The number of fused-ring (bicyclic) bond motifs is 1. The Morgan fingerprint density at radius 1 is 0.862 bits per heavy atom. The maximum atomic E-state index is 5.94. The highest BCUT2D eigenvalue weighted by Gasteiger charge is 2.11. The summed E-state index contributed by atoms with van der Waals surface area (Å²) in [6.07, 6.45) is 0. The van der Waals surface area contributed by atoms with E-state index in [9.17, 15) is 0 Å². The molecule has 6 heteroatoms. The van der Waals surface area contributed by atoms with Crippen LogP contribution in [0.1, 0.15) is 5.82 Å². The molecule has 0 aliphatic heterocycles. The number of aromatic nitrogens is 2. The monoisotopic (exact) mass is 408 g/mol. The number of ether oxygens (including phenoxy) is 3. The van der Waals surface area contributed by atoms with Gasteiger partial charge in [0, 0.05) is 11.1 Å². The van der Waals surface area contributed by atoms with Crippen molar-refractivity contribution in [3.8, 4) is 17.2 Å². The third-order valence-corrected chi connectivity index (χ3v) is 4.79. The fourth-order valence-corrected chi connectivity index (χ4v) is 3.24. The number of nitrogens with zero attached hydrogens (tertiary/aromatic N) is 2. The van der Waals surface area contributed by atoms with Crippen molar-refractivity contribution in [2.45, 2.75) is 13.2 Å². The van der Waals surface area contributed by atoms with Gasteiger partial charge in [0.15, 0.2) is 0 Å². The highest BCUT2D eigenvalue weighted by atomic mass is 35.5. The van der Waals surface area contributed by atoms with E-state index in [2.05, 4.69) is 10.6 Å². The number of para-hydroxylation sites is 2. The van der Waals surface area contributed by atoms with E-state index in [1.807, 2.05) is 66.7 Å². The molecule has 5 nitrogen and oxygen atoms in total. The summed E-state index contributed by atoms with van der Waals surface area (Å²) >= 11 is 5.94. The lowest BCUT2D eigenvalue weighted by Crippen LogP contribution is -2.13. The Morgan fingerprint density at radius 3 is 2.48 bits per heavy atom. The molecule has 0 amide bonds. The number of halogens is 1. The molecule has 0 N–H and O–H groups in total. The first-order valence-corrected chi connectivity index (χ1v) is 9.70. The normalized spacial score (nSPS) is 10.8. The number of hydrogen-bond acceptors (Lipinski definition) is 4. The predicted octanol–water partition coefficient (Wildman–Crippen LogP) is 5.36. The summed E-state index contributed by atoms with van der Waals surface area (Å²) < 4.78 is 19.2. The van der Waals surface area contributed by atoms with Crippen molar-refractivity contribution >= 4 is 22.6 Å². The van der Waals surface area contributed by atoms with Gasteiger partial charge in [-0.05, 0) is 48.5 Å². The molecule has 148 valence electrons. The topological polar surface area (TPSA) is 45.5 Å². The quantitative estimate of drug-likeness (QED) is 0.394. The lowest BCUT2D eigenvalue weighted by molar-refractivity contribution is 0.272. The van der Waals surface area contributed by atoms with E-state index in [1.165, 1.54) is 0 Å². The zero-order valence-electron chi connectivity index (χ0n) is 16.0. The highest BCUT2D eigenvalue weighted by Crippen LogP contribution is 2.21. The summed E-state index contributed by atoms with van der Waals surface area (Å²) in [5.41, 5.74) is 1.99. The molecule has 0 saturated carbocycles. The first kappa shape index (κ1) is 19.2. The second kappa shape index (κ2) is 8.88. The first-order valence-electron chi connectivity index (χ1n) is 9.32. The van der Waals surface area contributed by atoms with Crippen LogP contribution in [0.2, 0.25) is 5.02 Å². The van der Waals surface area contributed by atoms with Gasteiger partial charge >= 0.3 is 0 Å². The number of benzene rings is 3. The molecule has 0 bridgehead atoms. The fraction of sp³-hybridized carbons (Fsp3) is 0.174. The van der Waals surface area contributed by atoms with E-state index in [1.54, 1.807) is 7.11 Å². The number of methoxy groups -OCH3 is 1. The van der Waals surface area contributed by atoms with Gasteiger partial charge < -0.3 is 18.8 Å². The third kappa shape index (κ3) is 4.63. The summed E-state index contributed by atoms with van der Waals surface area (Å²) in [5.74, 6) is 3.14. The predicted molar refractivity (Wildman–Crippen MR) is 114 cm³/mol. The molecule has 29 heavy (non-hydrogen) atoms. The van der Waals surface area contributed by atoms with Crippen LogP contribution in [0, 0.1) is 0 Å². The average molecular weight is 409 g/mol. The Kier molecular flexibility index (Phi) is 5.86. The number of rotatable bonds is 8. The van der Waals surface area contributed by atoms with Crippen molar-refractivity contribution in [3.05, 3.63) is 83.6 Å². The minimum absolute atomic E-state index is 0.357. The van der Waals surface area contributed by atoms with Gasteiger partial charge in [0.25, 0.3) is 0 Å². The van der Waals surface area contributed by atoms with Crippen LogP contribution in [0.15, 0.2) is 72.8 Å². The van der Waals surface area contributed by atoms with Crippen LogP contribution in [0.4, 0.5) is 0 Å². The van der Waals surface area contributed by atoms with Crippen molar-refractivity contribution < 1.29 is 14.2 Å². The van der Waals surface area contributed by atoms with Crippen LogP contribution in [-0.2, 0) is 13.2 Å². The minimum atomic E-state index is 0.357. The Balaban J connectivity index is 1.49. The van der Waals surface area contributed by atoms with E-state index in [0.717, 1.165) is 34.1 Å². The summed E-state index contributed by atoms with van der Waals surface area (Å²) in [6.45, 7) is 1.51. The molecular formula is C23H21ClN2O3. The van der Waals surface area contributed by atoms with Gasteiger partial charge in [-0.3, -0.25) is 0 Å². The Morgan fingerprint density at radius 2 is 1.66 bits per heavy atom. The van der Waals surface area contributed by atoms with Crippen LogP contribution in [0.3, 0.4) is 0 Å². The molecule has 4 rings (SSSR count). The van der Waals surface area contributed by atoms with E-state index in [0.29, 0.717) is 24.8 Å². The second-order valence-electron chi connectivity index (χ2n) is 6.44. The van der Waals surface area contributed by atoms with Gasteiger partial charge in [0.2, 0.25) is 0 Å². The lowest BCUT2D eigenvalue weighted by Gasteiger charge is -2.12. The molecule has 0 aliphatic carbocycles. The molecule has 0 atom stereocenters. The molecule has 3 aromatic carbocycles. The van der Waals surface area contributed by atoms with Gasteiger partial charge in [-0.2, -0.15) is 0 Å². The molecule has 1 aromatic heterocycles. The first-order chi connectivity index (χ1) is 14.2. The Bertz CT molecular complexity index is 1090. The minimum Gasteiger partial charge on any atom is -0.497 e. The molecule has 4 aromatic rings. The Labute approximate surface area is 174 Å². The number of hydrogen-bond donors (Lipinski definition) is 0. The molecule has 0 unspecified atom stereocenters. The van der Waals surface area contributed by atoms with Crippen LogP contribution < -0.4 is 14.2 Å². The molecule has 0 spiro atoms. The van der Waals surface area contributed by atoms with E-state index in [4.69, 9.17) is 30.8 Å².